The van der Waals surface area contributed by atoms with E-state index in [0.29, 0.717) is 16.8 Å². The number of carbonyl (C=O) groups excluding carboxylic acids is 2. The average molecular weight is 463 g/mol. The maximum Gasteiger partial charge on any atom is 0.300 e. The summed E-state index contributed by atoms with van der Waals surface area (Å²) in [6, 6.07) is 18.9. The summed E-state index contributed by atoms with van der Waals surface area (Å²) in [5, 5.41) is 16.4. The van der Waals surface area contributed by atoms with Crippen molar-refractivity contribution in [2.45, 2.75) is 24.8 Å². The van der Waals surface area contributed by atoms with E-state index in [1.54, 1.807) is 36.4 Å². The first-order valence-corrected chi connectivity index (χ1v) is 11.7. The van der Waals surface area contributed by atoms with Crippen LogP contribution in [-0.4, -0.2) is 25.2 Å². The lowest BCUT2D eigenvalue weighted by Crippen LogP contribution is -2.29. The number of aliphatic hydroxyl groups is 1. The lowest BCUT2D eigenvalue weighted by Gasteiger charge is -2.25. The SMILES string of the molecule is Cc1ccc(C)c(/C(O)=C2\C(=O)C(=O)N(c3ccc(S(N)(=O)=O)cc3)C2c2ccccc2)c1. The molecule has 1 aliphatic heterocycles. The smallest absolute Gasteiger partial charge is 0.300 e. The Morgan fingerprint density at radius 1 is 0.939 bits per heavy atom. The number of ketones is 1. The molecule has 0 aromatic heterocycles. The molecule has 3 N–H and O–H groups in total. The first kappa shape index (κ1) is 22.4. The van der Waals surface area contributed by atoms with E-state index in [9.17, 15) is 23.1 Å². The third-order valence-corrected chi connectivity index (χ3v) is 6.58. The summed E-state index contributed by atoms with van der Waals surface area (Å²) >= 11 is 0. The number of nitrogens with two attached hydrogens (primary N) is 1. The molecule has 1 saturated heterocycles. The van der Waals surface area contributed by atoms with Gasteiger partial charge in [-0.3, -0.25) is 14.5 Å². The molecule has 1 heterocycles. The Labute approximate surface area is 191 Å². The number of nitrogens with zero attached hydrogens (tertiary/aromatic N) is 1. The fourth-order valence-corrected chi connectivity index (χ4v) is 4.50. The van der Waals surface area contributed by atoms with Gasteiger partial charge in [0.15, 0.2) is 0 Å². The number of hydrogen-bond acceptors (Lipinski definition) is 5. The van der Waals surface area contributed by atoms with Crippen LogP contribution >= 0.6 is 0 Å². The number of Topliss-reactive ketones (excluding diaryl/α,β-unsaturated/α-hetero) is 1. The van der Waals surface area contributed by atoms with Gasteiger partial charge in [-0.2, -0.15) is 0 Å². The van der Waals surface area contributed by atoms with Crippen molar-refractivity contribution >= 4 is 33.2 Å². The summed E-state index contributed by atoms with van der Waals surface area (Å²) in [7, 11) is -3.92. The Kier molecular flexibility index (Phi) is 5.65. The molecule has 0 saturated carbocycles. The molecule has 0 spiro atoms. The number of benzene rings is 3. The van der Waals surface area contributed by atoms with Gasteiger partial charge in [0.25, 0.3) is 11.7 Å². The number of primary sulfonamides is 1. The zero-order valence-electron chi connectivity index (χ0n) is 18.0. The van der Waals surface area contributed by atoms with Crippen LogP contribution in [0.4, 0.5) is 5.69 Å². The molecule has 7 nitrogen and oxygen atoms in total. The van der Waals surface area contributed by atoms with Crippen molar-refractivity contribution in [3.8, 4) is 0 Å². The maximum absolute atomic E-state index is 13.2. The highest BCUT2D eigenvalue weighted by atomic mass is 32.2. The molecule has 8 heteroatoms. The number of aliphatic hydroxyl groups excluding tert-OH is 1. The van der Waals surface area contributed by atoms with E-state index in [-0.39, 0.29) is 16.2 Å². The molecule has 1 aliphatic rings. The van der Waals surface area contributed by atoms with E-state index < -0.39 is 27.8 Å². The molecule has 4 rings (SSSR count). The Bertz CT molecular complexity index is 1390. The van der Waals surface area contributed by atoms with Crippen molar-refractivity contribution in [1.82, 2.24) is 0 Å². The Morgan fingerprint density at radius 2 is 1.58 bits per heavy atom. The topological polar surface area (TPSA) is 118 Å². The molecule has 0 aliphatic carbocycles. The number of hydrogen-bond donors (Lipinski definition) is 2. The van der Waals surface area contributed by atoms with Crippen LogP contribution < -0.4 is 10.0 Å². The van der Waals surface area contributed by atoms with Crippen LogP contribution in [-0.2, 0) is 19.6 Å². The van der Waals surface area contributed by atoms with Gasteiger partial charge in [0.1, 0.15) is 5.76 Å². The van der Waals surface area contributed by atoms with Gasteiger partial charge in [-0.05, 0) is 55.3 Å². The van der Waals surface area contributed by atoms with Crippen molar-refractivity contribution in [3.63, 3.8) is 0 Å². The zero-order chi connectivity index (χ0) is 23.9. The number of anilines is 1. The van der Waals surface area contributed by atoms with Gasteiger partial charge in [-0.1, -0.05) is 48.0 Å². The van der Waals surface area contributed by atoms with Crippen LogP contribution in [0, 0.1) is 13.8 Å². The fourth-order valence-electron chi connectivity index (χ4n) is 3.98. The molecular weight excluding hydrogens is 440 g/mol. The van der Waals surface area contributed by atoms with Crippen LogP contribution in [0.2, 0.25) is 0 Å². The predicted molar refractivity (Wildman–Crippen MR) is 125 cm³/mol. The normalized spacial score (nSPS) is 18.0. The van der Waals surface area contributed by atoms with Gasteiger partial charge < -0.3 is 5.11 Å². The minimum atomic E-state index is -3.92. The summed E-state index contributed by atoms with van der Waals surface area (Å²) in [4.78, 5) is 27.5. The summed E-state index contributed by atoms with van der Waals surface area (Å²) < 4.78 is 23.3. The van der Waals surface area contributed by atoms with Gasteiger partial charge in [-0.25, -0.2) is 13.6 Å². The molecule has 1 unspecified atom stereocenters. The number of carbonyl (C=O) groups is 2. The largest absolute Gasteiger partial charge is 0.507 e. The Morgan fingerprint density at radius 3 is 2.18 bits per heavy atom. The minimum absolute atomic E-state index is 0.0320. The highest BCUT2D eigenvalue weighted by Crippen LogP contribution is 2.42. The second-order valence-corrected chi connectivity index (χ2v) is 9.50. The Hall–Kier alpha value is -3.75. The first-order valence-electron chi connectivity index (χ1n) is 10.2. The van der Waals surface area contributed by atoms with Gasteiger partial charge in [0.05, 0.1) is 16.5 Å². The van der Waals surface area contributed by atoms with Crippen LogP contribution in [0.1, 0.15) is 28.3 Å². The van der Waals surface area contributed by atoms with E-state index in [0.717, 1.165) is 11.1 Å². The molecule has 1 amide bonds. The van der Waals surface area contributed by atoms with Crippen LogP contribution in [0.25, 0.3) is 5.76 Å². The molecule has 168 valence electrons. The van der Waals surface area contributed by atoms with E-state index in [1.807, 2.05) is 26.0 Å². The molecule has 33 heavy (non-hydrogen) atoms. The molecule has 1 fully saturated rings. The quantitative estimate of drug-likeness (QED) is 0.349. The van der Waals surface area contributed by atoms with Gasteiger partial charge >= 0.3 is 0 Å². The standard InChI is InChI=1S/C25H22N2O5S/c1-15-8-9-16(2)20(14-15)23(28)21-22(17-6-4-3-5-7-17)27(25(30)24(21)29)18-10-12-19(13-11-18)33(26,31)32/h3-14,22,28H,1-2H3,(H2,26,31,32)/b23-21+. The third-order valence-electron chi connectivity index (χ3n) is 5.65. The Balaban J connectivity index is 1.94. The summed E-state index contributed by atoms with van der Waals surface area (Å²) in [6.07, 6.45) is 0. The molecule has 3 aromatic carbocycles. The van der Waals surface area contributed by atoms with Crippen molar-refractivity contribution in [2.24, 2.45) is 5.14 Å². The lowest BCUT2D eigenvalue weighted by molar-refractivity contribution is -0.132. The van der Waals surface area contributed by atoms with Crippen LogP contribution in [0.15, 0.2) is 83.3 Å². The molecule has 1 atom stereocenters. The van der Waals surface area contributed by atoms with Crippen molar-refractivity contribution in [1.29, 1.82) is 0 Å². The maximum atomic E-state index is 13.2. The molecular formula is C25H22N2O5S. The minimum Gasteiger partial charge on any atom is -0.507 e. The zero-order valence-corrected chi connectivity index (χ0v) is 18.8. The third kappa shape index (κ3) is 4.06. The molecule has 3 aromatic rings. The van der Waals surface area contributed by atoms with Gasteiger partial charge in [-0.15, -0.1) is 0 Å². The van der Waals surface area contributed by atoms with Crippen molar-refractivity contribution in [2.75, 3.05) is 4.90 Å². The second kappa shape index (κ2) is 8.31. The number of aryl methyl sites for hydroxylation is 2. The van der Waals surface area contributed by atoms with Gasteiger partial charge in [0, 0.05) is 11.3 Å². The van der Waals surface area contributed by atoms with Crippen molar-refractivity contribution in [3.05, 3.63) is 101 Å². The van der Waals surface area contributed by atoms with E-state index in [1.165, 1.54) is 29.2 Å². The van der Waals surface area contributed by atoms with Crippen molar-refractivity contribution < 1.29 is 23.1 Å². The summed E-state index contributed by atoms with van der Waals surface area (Å²) in [5.74, 6) is -1.90. The summed E-state index contributed by atoms with van der Waals surface area (Å²) in [5.41, 5.74) is 3.02. The van der Waals surface area contributed by atoms with Crippen LogP contribution in [0.3, 0.4) is 0 Å². The lowest BCUT2D eigenvalue weighted by atomic mass is 9.93. The second-order valence-electron chi connectivity index (χ2n) is 7.94. The first-order chi connectivity index (χ1) is 15.6. The number of rotatable bonds is 4. The van der Waals surface area contributed by atoms with Gasteiger partial charge in [0.2, 0.25) is 10.0 Å². The average Bonchev–Trinajstić information content (AvgIpc) is 3.05. The van der Waals surface area contributed by atoms with E-state index >= 15 is 0 Å². The number of amides is 1. The van der Waals surface area contributed by atoms with Crippen LogP contribution in [0.5, 0.6) is 0 Å². The molecule has 0 radical (unpaired) electrons. The highest BCUT2D eigenvalue weighted by Gasteiger charge is 2.47. The fraction of sp³-hybridized carbons (Fsp3) is 0.120. The number of sulfonamides is 1. The molecule has 0 bridgehead atoms. The monoisotopic (exact) mass is 462 g/mol. The highest BCUT2D eigenvalue weighted by molar-refractivity contribution is 7.89. The van der Waals surface area contributed by atoms with E-state index in [4.69, 9.17) is 5.14 Å². The predicted octanol–water partition coefficient (Wildman–Crippen LogP) is 3.58. The summed E-state index contributed by atoms with van der Waals surface area (Å²) in [6.45, 7) is 3.69. The van der Waals surface area contributed by atoms with E-state index in [2.05, 4.69) is 0 Å².